The molecule has 0 radical (unpaired) electrons. The number of halogens is 1. The van der Waals surface area contributed by atoms with Crippen molar-refractivity contribution in [2.24, 2.45) is 5.73 Å². The molecule has 0 aliphatic rings. The topological polar surface area (TPSA) is 59.1 Å². The maximum atomic E-state index is 7.56. The average molecular weight is 275 g/mol. The van der Waals surface area contributed by atoms with Gasteiger partial charge in [0, 0.05) is 5.02 Å². The van der Waals surface area contributed by atoms with E-state index in [1.807, 2.05) is 38.1 Å². The minimum atomic E-state index is -0.0140. The molecule has 2 aromatic carbocycles. The summed E-state index contributed by atoms with van der Waals surface area (Å²) in [5.41, 5.74) is 8.03. The SMILES string of the molecule is Cc1cc(Cl)cc(C)c1Oc1ccccc1C(=N)N. The van der Waals surface area contributed by atoms with Crippen LogP contribution >= 0.6 is 11.6 Å². The predicted molar refractivity (Wildman–Crippen MR) is 78.5 cm³/mol. The van der Waals surface area contributed by atoms with Crippen LogP contribution in [-0.2, 0) is 0 Å². The molecule has 2 rings (SSSR count). The Kier molecular flexibility index (Phi) is 3.76. The Labute approximate surface area is 117 Å². The van der Waals surface area contributed by atoms with Gasteiger partial charge in [0.2, 0.25) is 0 Å². The Bertz CT molecular complexity index is 615. The van der Waals surface area contributed by atoms with E-state index < -0.39 is 0 Å². The molecule has 0 aromatic heterocycles. The lowest BCUT2D eigenvalue weighted by Gasteiger charge is -2.14. The number of nitrogen functional groups attached to an aromatic ring is 1. The van der Waals surface area contributed by atoms with E-state index in [0.717, 1.165) is 16.9 Å². The lowest BCUT2D eigenvalue weighted by atomic mass is 10.1. The summed E-state index contributed by atoms with van der Waals surface area (Å²) >= 11 is 6.00. The molecule has 3 nitrogen and oxygen atoms in total. The molecule has 0 aliphatic heterocycles. The van der Waals surface area contributed by atoms with Crippen molar-refractivity contribution in [2.45, 2.75) is 13.8 Å². The van der Waals surface area contributed by atoms with Crippen molar-refractivity contribution in [2.75, 3.05) is 0 Å². The minimum Gasteiger partial charge on any atom is -0.456 e. The summed E-state index contributed by atoms with van der Waals surface area (Å²) < 4.78 is 5.91. The van der Waals surface area contributed by atoms with Gasteiger partial charge in [0.1, 0.15) is 17.3 Å². The zero-order chi connectivity index (χ0) is 14.0. The summed E-state index contributed by atoms with van der Waals surface area (Å²) in [4.78, 5) is 0. The highest BCUT2D eigenvalue weighted by Gasteiger charge is 2.11. The molecule has 3 N–H and O–H groups in total. The van der Waals surface area contributed by atoms with Crippen LogP contribution in [0.4, 0.5) is 0 Å². The Morgan fingerprint density at radius 1 is 1.16 bits per heavy atom. The molecule has 98 valence electrons. The van der Waals surface area contributed by atoms with Crippen LogP contribution in [0, 0.1) is 19.3 Å². The van der Waals surface area contributed by atoms with E-state index in [1.54, 1.807) is 12.1 Å². The fraction of sp³-hybridized carbons (Fsp3) is 0.133. The van der Waals surface area contributed by atoms with Crippen LogP contribution < -0.4 is 10.5 Å². The number of aryl methyl sites for hydroxylation is 2. The van der Waals surface area contributed by atoms with Gasteiger partial charge in [0.05, 0.1) is 5.56 Å². The molecule has 0 bridgehead atoms. The van der Waals surface area contributed by atoms with Gasteiger partial charge in [0.15, 0.2) is 0 Å². The molecule has 2 aromatic rings. The fourth-order valence-corrected chi connectivity index (χ4v) is 2.27. The molecule has 0 saturated heterocycles. The van der Waals surface area contributed by atoms with Crippen molar-refractivity contribution >= 4 is 17.4 Å². The van der Waals surface area contributed by atoms with Crippen LogP contribution in [0.3, 0.4) is 0 Å². The van der Waals surface area contributed by atoms with E-state index in [4.69, 9.17) is 27.5 Å². The quantitative estimate of drug-likeness (QED) is 0.656. The highest BCUT2D eigenvalue weighted by Crippen LogP contribution is 2.32. The molecule has 19 heavy (non-hydrogen) atoms. The first-order chi connectivity index (χ1) is 8.99. The number of hydrogen-bond acceptors (Lipinski definition) is 2. The second-order valence-corrected chi connectivity index (χ2v) is 4.82. The summed E-state index contributed by atoms with van der Waals surface area (Å²) in [6.07, 6.45) is 0. The smallest absolute Gasteiger partial charge is 0.138 e. The summed E-state index contributed by atoms with van der Waals surface area (Å²) in [6.45, 7) is 3.87. The van der Waals surface area contributed by atoms with E-state index in [0.29, 0.717) is 16.3 Å². The highest BCUT2D eigenvalue weighted by atomic mass is 35.5. The number of hydrogen-bond donors (Lipinski definition) is 2. The van der Waals surface area contributed by atoms with Gasteiger partial charge in [-0.25, -0.2) is 0 Å². The first-order valence-corrected chi connectivity index (χ1v) is 6.25. The first kappa shape index (κ1) is 13.4. The molecule has 0 amide bonds. The molecular formula is C15H15ClN2O. The van der Waals surface area contributed by atoms with Gasteiger partial charge in [-0.05, 0) is 49.2 Å². The molecule has 0 unspecified atom stereocenters. The van der Waals surface area contributed by atoms with Crippen LogP contribution in [0.25, 0.3) is 0 Å². The van der Waals surface area contributed by atoms with E-state index in [9.17, 15) is 0 Å². The molecule has 0 atom stereocenters. The van der Waals surface area contributed by atoms with E-state index >= 15 is 0 Å². The maximum Gasteiger partial charge on any atom is 0.138 e. The van der Waals surface area contributed by atoms with Crippen molar-refractivity contribution in [3.63, 3.8) is 0 Å². The van der Waals surface area contributed by atoms with Crippen LogP contribution in [0.1, 0.15) is 16.7 Å². The van der Waals surface area contributed by atoms with Crippen LogP contribution in [0.2, 0.25) is 5.02 Å². The Hall–Kier alpha value is -2.00. The standard InChI is InChI=1S/C15H15ClN2O/c1-9-7-11(16)8-10(2)14(9)19-13-6-4-3-5-12(13)15(17)18/h3-8H,1-2H3,(H3,17,18). The number of rotatable bonds is 3. The number of nitrogens with one attached hydrogen (secondary N) is 1. The van der Waals surface area contributed by atoms with Gasteiger partial charge in [-0.15, -0.1) is 0 Å². The van der Waals surface area contributed by atoms with Crippen LogP contribution in [0.15, 0.2) is 36.4 Å². The lowest BCUT2D eigenvalue weighted by molar-refractivity contribution is 0.474. The third-order valence-electron chi connectivity index (χ3n) is 2.81. The van der Waals surface area contributed by atoms with Gasteiger partial charge < -0.3 is 10.5 Å². The molecule has 0 aliphatic carbocycles. The van der Waals surface area contributed by atoms with Crippen molar-refractivity contribution in [3.05, 3.63) is 58.1 Å². The second-order valence-electron chi connectivity index (χ2n) is 4.38. The molecule has 4 heteroatoms. The van der Waals surface area contributed by atoms with E-state index in [2.05, 4.69) is 0 Å². The maximum absolute atomic E-state index is 7.56. The van der Waals surface area contributed by atoms with Crippen LogP contribution in [0.5, 0.6) is 11.5 Å². The number of amidine groups is 1. The Morgan fingerprint density at radius 3 is 2.32 bits per heavy atom. The fourth-order valence-electron chi connectivity index (χ4n) is 1.95. The average Bonchev–Trinajstić information content (AvgIpc) is 2.34. The summed E-state index contributed by atoms with van der Waals surface area (Å²) in [5, 5.41) is 8.24. The number of ether oxygens (including phenoxy) is 1. The lowest BCUT2D eigenvalue weighted by Crippen LogP contribution is -2.12. The van der Waals surface area contributed by atoms with E-state index in [1.165, 1.54) is 0 Å². The summed E-state index contributed by atoms with van der Waals surface area (Å²) in [6, 6.07) is 10.9. The van der Waals surface area contributed by atoms with Gasteiger partial charge in [0.25, 0.3) is 0 Å². The van der Waals surface area contributed by atoms with E-state index in [-0.39, 0.29) is 5.84 Å². The predicted octanol–water partition coefficient (Wildman–Crippen LogP) is 4.03. The van der Waals surface area contributed by atoms with Gasteiger partial charge in [-0.2, -0.15) is 0 Å². The minimum absolute atomic E-state index is 0.0140. The van der Waals surface area contributed by atoms with Gasteiger partial charge >= 0.3 is 0 Å². The number of benzene rings is 2. The Morgan fingerprint density at radius 2 is 1.74 bits per heavy atom. The van der Waals surface area contributed by atoms with Crippen molar-refractivity contribution in [1.29, 1.82) is 5.41 Å². The molecule has 0 spiro atoms. The highest BCUT2D eigenvalue weighted by molar-refractivity contribution is 6.30. The third kappa shape index (κ3) is 2.88. The molecule has 0 saturated carbocycles. The van der Waals surface area contributed by atoms with Gasteiger partial charge in [-0.1, -0.05) is 23.7 Å². The zero-order valence-electron chi connectivity index (χ0n) is 10.8. The zero-order valence-corrected chi connectivity index (χ0v) is 11.6. The van der Waals surface area contributed by atoms with Crippen LogP contribution in [-0.4, -0.2) is 5.84 Å². The monoisotopic (exact) mass is 274 g/mol. The molecule has 0 heterocycles. The van der Waals surface area contributed by atoms with Crippen molar-refractivity contribution in [1.82, 2.24) is 0 Å². The van der Waals surface area contributed by atoms with Crippen molar-refractivity contribution < 1.29 is 4.74 Å². The Balaban J connectivity index is 2.45. The first-order valence-electron chi connectivity index (χ1n) is 5.87. The second kappa shape index (κ2) is 5.33. The normalized spacial score (nSPS) is 10.3. The summed E-state index contributed by atoms with van der Waals surface area (Å²) in [5.74, 6) is 1.31. The number of para-hydroxylation sites is 1. The van der Waals surface area contributed by atoms with Gasteiger partial charge in [-0.3, -0.25) is 5.41 Å². The van der Waals surface area contributed by atoms with Crippen molar-refractivity contribution in [3.8, 4) is 11.5 Å². The third-order valence-corrected chi connectivity index (χ3v) is 3.03. The number of nitrogens with two attached hydrogens (primary N) is 1. The summed E-state index contributed by atoms with van der Waals surface area (Å²) in [7, 11) is 0. The molecular weight excluding hydrogens is 260 g/mol. The largest absolute Gasteiger partial charge is 0.456 e. The molecule has 0 fully saturated rings.